The Morgan fingerprint density at radius 1 is 1.35 bits per heavy atom. The molecule has 4 heteroatoms. The zero-order chi connectivity index (χ0) is 12.8. The molecule has 1 aromatic carbocycles. The molecule has 0 aliphatic carbocycles. The van der Waals surface area contributed by atoms with Crippen LogP contribution in [0.25, 0.3) is 4.85 Å². The maximum Gasteiger partial charge on any atom is 0.320 e. The first-order valence-corrected chi connectivity index (χ1v) is 5.22. The second-order valence-corrected chi connectivity index (χ2v) is 3.48. The summed E-state index contributed by atoms with van der Waals surface area (Å²) in [6.07, 6.45) is 0.268. The zero-order valence-electron chi connectivity index (χ0n) is 9.77. The molecule has 0 radical (unpaired) electrons. The number of ether oxygens (including phenoxy) is 1. The lowest BCUT2D eigenvalue weighted by Gasteiger charge is -2.12. The first-order chi connectivity index (χ1) is 8.13. The van der Waals surface area contributed by atoms with Gasteiger partial charge >= 0.3 is 5.97 Å². The smallest absolute Gasteiger partial charge is 0.320 e. The van der Waals surface area contributed by atoms with Crippen molar-refractivity contribution in [1.29, 1.82) is 0 Å². The Morgan fingerprint density at radius 2 is 1.94 bits per heavy atom. The van der Waals surface area contributed by atoms with Crippen LogP contribution in [0.15, 0.2) is 24.3 Å². The molecule has 0 saturated carbocycles. The van der Waals surface area contributed by atoms with Gasteiger partial charge in [0, 0.05) is 6.42 Å². The van der Waals surface area contributed by atoms with Crippen molar-refractivity contribution >= 4 is 17.4 Å². The van der Waals surface area contributed by atoms with Gasteiger partial charge in [0.2, 0.25) is 0 Å². The molecule has 0 N–H and O–H groups in total. The van der Waals surface area contributed by atoms with Crippen LogP contribution in [0.4, 0.5) is 5.69 Å². The van der Waals surface area contributed by atoms with Crippen LogP contribution in [0.1, 0.15) is 24.8 Å². The van der Waals surface area contributed by atoms with Crippen molar-refractivity contribution in [3.63, 3.8) is 0 Å². The number of ketones is 1. The van der Waals surface area contributed by atoms with Gasteiger partial charge in [-0.25, -0.2) is 4.85 Å². The van der Waals surface area contributed by atoms with Gasteiger partial charge in [0.1, 0.15) is 5.92 Å². The van der Waals surface area contributed by atoms with Crippen molar-refractivity contribution < 1.29 is 14.3 Å². The second-order valence-electron chi connectivity index (χ2n) is 3.48. The molecule has 0 aliphatic rings. The van der Waals surface area contributed by atoms with Gasteiger partial charge in [0.25, 0.3) is 0 Å². The van der Waals surface area contributed by atoms with Crippen LogP contribution in [0.5, 0.6) is 0 Å². The summed E-state index contributed by atoms with van der Waals surface area (Å²) in [5.41, 5.74) is 1.04. The highest BCUT2D eigenvalue weighted by atomic mass is 16.5. The van der Waals surface area contributed by atoms with Gasteiger partial charge in [-0.05, 0) is 5.56 Å². The first kappa shape index (κ1) is 12.9. The molecule has 4 nitrogen and oxygen atoms in total. The zero-order valence-corrected chi connectivity index (χ0v) is 9.77. The fourth-order valence-electron chi connectivity index (χ4n) is 1.52. The molecular formula is C13H13NO3. The fraction of sp³-hybridized carbons (Fsp3) is 0.308. The molecule has 1 rings (SSSR count). The molecule has 17 heavy (non-hydrogen) atoms. The van der Waals surface area contributed by atoms with Crippen molar-refractivity contribution in [3.05, 3.63) is 41.2 Å². The van der Waals surface area contributed by atoms with E-state index in [2.05, 4.69) is 9.58 Å². The molecule has 0 aliphatic heterocycles. The van der Waals surface area contributed by atoms with Crippen molar-refractivity contribution in [3.8, 4) is 0 Å². The van der Waals surface area contributed by atoms with Crippen LogP contribution in [0.3, 0.4) is 0 Å². The van der Waals surface area contributed by atoms with E-state index in [0.717, 1.165) is 0 Å². The van der Waals surface area contributed by atoms with Gasteiger partial charge in [-0.15, -0.1) is 0 Å². The molecule has 0 amide bonds. The minimum absolute atomic E-state index is 0.188. The normalized spacial score (nSPS) is 11.4. The summed E-state index contributed by atoms with van der Waals surface area (Å²) in [5.74, 6) is -1.63. The highest BCUT2D eigenvalue weighted by Crippen LogP contribution is 2.23. The summed E-state index contributed by atoms with van der Waals surface area (Å²) < 4.78 is 4.63. The van der Waals surface area contributed by atoms with Gasteiger partial charge in [0.05, 0.1) is 13.7 Å². The fourth-order valence-corrected chi connectivity index (χ4v) is 1.52. The molecule has 0 aromatic heterocycles. The van der Waals surface area contributed by atoms with Crippen LogP contribution >= 0.6 is 0 Å². The van der Waals surface area contributed by atoms with E-state index in [1.165, 1.54) is 7.11 Å². The van der Waals surface area contributed by atoms with Crippen LogP contribution in [0.2, 0.25) is 0 Å². The Morgan fingerprint density at radius 3 is 2.35 bits per heavy atom. The molecular weight excluding hydrogens is 218 g/mol. The van der Waals surface area contributed by atoms with Crippen LogP contribution in [-0.4, -0.2) is 18.9 Å². The topological polar surface area (TPSA) is 47.7 Å². The standard InChI is InChI=1S/C13H13NO3/c1-4-11(15)12(13(16)17-3)9-5-7-10(14-2)8-6-9/h5-8,12H,4H2,1,3H3. The maximum absolute atomic E-state index is 11.7. The van der Waals surface area contributed by atoms with E-state index in [9.17, 15) is 9.59 Å². The summed E-state index contributed by atoms with van der Waals surface area (Å²) in [5, 5.41) is 0. The third-order valence-corrected chi connectivity index (χ3v) is 2.46. The van der Waals surface area contributed by atoms with E-state index in [1.807, 2.05) is 0 Å². The molecule has 1 atom stereocenters. The van der Waals surface area contributed by atoms with Gasteiger partial charge in [-0.1, -0.05) is 31.2 Å². The number of hydrogen-bond donors (Lipinski definition) is 0. The van der Waals surface area contributed by atoms with Crippen molar-refractivity contribution in [2.24, 2.45) is 0 Å². The van der Waals surface area contributed by atoms with Gasteiger partial charge in [-0.2, -0.15) is 0 Å². The van der Waals surface area contributed by atoms with E-state index in [1.54, 1.807) is 31.2 Å². The van der Waals surface area contributed by atoms with Crippen LogP contribution < -0.4 is 0 Å². The van der Waals surface area contributed by atoms with E-state index in [-0.39, 0.29) is 12.2 Å². The van der Waals surface area contributed by atoms with Crippen molar-refractivity contribution in [2.45, 2.75) is 19.3 Å². The SMILES string of the molecule is [C-]#[N+]c1ccc(C(C(=O)CC)C(=O)OC)cc1. The number of benzene rings is 1. The number of rotatable bonds is 4. The first-order valence-electron chi connectivity index (χ1n) is 5.22. The predicted octanol–water partition coefficient (Wildman–Crippen LogP) is 2.47. The third kappa shape index (κ3) is 2.91. The van der Waals surface area contributed by atoms with Crippen molar-refractivity contribution in [2.75, 3.05) is 7.11 Å². The van der Waals surface area contributed by atoms with Gasteiger partial charge < -0.3 is 4.74 Å². The lowest BCUT2D eigenvalue weighted by atomic mass is 9.93. The highest BCUT2D eigenvalue weighted by molar-refractivity contribution is 6.04. The number of esters is 1. The Labute approximate surface area is 100 Å². The Bertz CT molecular complexity index is 441. The quantitative estimate of drug-likeness (QED) is 0.454. The number of hydrogen-bond acceptors (Lipinski definition) is 3. The Kier molecular flexibility index (Phi) is 4.41. The Hall–Kier alpha value is -2.15. The predicted molar refractivity (Wildman–Crippen MR) is 62.8 cm³/mol. The number of carbonyl (C=O) groups is 2. The largest absolute Gasteiger partial charge is 0.468 e. The monoisotopic (exact) mass is 231 g/mol. The third-order valence-electron chi connectivity index (χ3n) is 2.46. The minimum Gasteiger partial charge on any atom is -0.468 e. The summed E-state index contributed by atoms with van der Waals surface area (Å²) in [4.78, 5) is 26.5. The summed E-state index contributed by atoms with van der Waals surface area (Å²) in [7, 11) is 1.26. The van der Waals surface area contributed by atoms with Gasteiger partial charge in [0.15, 0.2) is 11.5 Å². The molecule has 0 spiro atoms. The van der Waals surface area contributed by atoms with E-state index in [0.29, 0.717) is 11.3 Å². The van der Waals surface area contributed by atoms with Gasteiger partial charge in [-0.3, -0.25) is 9.59 Å². The number of carbonyl (C=O) groups excluding carboxylic acids is 2. The lowest BCUT2D eigenvalue weighted by Crippen LogP contribution is -2.22. The molecule has 0 fully saturated rings. The van der Waals surface area contributed by atoms with Crippen molar-refractivity contribution in [1.82, 2.24) is 0 Å². The molecule has 88 valence electrons. The molecule has 0 saturated heterocycles. The second kappa shape index (κ2) is 5.80. The van der Waals surface area contributed by atoms with E-state index in [4.69, 9.17) is 6.57 Å². The average Bonchev–Trinajstić information content (AvgIpc) is 2.39. The number of methoxy groups -OCH3 is 1. The van der Waals surface area contributed by atoms with Crippen LogP contribution in [0, 0.1) is 6.57 Å². The summed E-state index contributed by atoms with van der Waals surface area (Å²) in [6, 6.07) is 6.40. The lowest BCUT2D eigenvalue weighted by molar-refractivity contribution is -0.145. The Balaban J connectivity index is 3.09. The maximum atomic E-state index is 11.7. The molecule has 0 bridgehead atoms. The average molecular weight is 231 g/mol. The minimum atomic E-state index is -0.884. The summed E-state index contributed by atoms with van der Waals surface area (Å²) >= 11 is 0. The van der Waals surface area contributed by atoms with E-state index < -0.39 is 11.9 Å². The number of Topliss-reactive ketones (excluding diaryl/α,β-unsaturated/α-hetero) is 1. The summed E-state index contributed by atoms with van der Waals surface area (Å²) in [6.45, 7) is 8.53. The van der Waals surface area contributed by atoms with E-state index >= 15 is 0 Å². The van der Waals surface area contributed by atoms with Crippen LogP contribution in [-0.2, 0) is 14.3 Å². The molecule has 0 heterocycles. The highest BCUT2D eigenvalue weighted by Gasteiger charge is 2.27. The molecule has 1 aromatic rings. The number of nitrogens with zero attached hydrogens (tertiary/aromatic N) is 1. The molecule has 1 unspecified atom stereocenters.